The van der Waals surface area contributed by atoms with E-state index in [4.69, 9.17) is 5.11 Å². The topological polar surface area (TPSA) is 75.1 Å². The van der Waals surface area contributed by atoms with Gasteiger partial charge in [-0.15, -0.1) is 11.3 Å². The first-order valence-corrected chi connectivity index (χ1v) is 7.61. The molecule has 0 amide bonds. The number of alkyl halides is 3. The Hall–Kier alpha value is -2.68. The van der Waals surface area contributed by atoms with Crippen LogP contribution in [-0.4, -0.2) is 27.6 Å². The molecule has 2 aromatic heterocycles. The molecule has 124 valence electrons. The van der Waals surface area contributed by atoms with Crippen LogP contribution in [0.2, 0.25) is 0 Å². The number of benzene rings is 1. The van der Waals surface area contributed by atoms with Crippen LogP contribution in [0.3, 0.4) is 0 Å². The summed E-state index contributed by atoms with van der Waals surface area (Å²) in [5, 5.41) is 13.4. The van der Waals surface area contributed by atoms with Crippen LogP contribution in [-0.2, 0) is 11.0 Å². The van der Waals surface area contributed by atoms with E-state index in [1.54, 1.807) is 17.5 Å². The molecule has 3 aromatic rings. The quantitative estimate of drug-likeness (QED) is 0.745. The number of thiophene rings is 1. The van der Waals surface area contributed by atoms with Gasteiger partial charge >= 0.3 is 12.1 Å². The number of aliphatic carboxylic acids is 1. The summed E-state index contributed by atoms with van der Waals surface area (Å²) in [5.74, 6) is -1.60. The summed E-state index contributed by atoms with van der Waals surface area (Å²) < 4.78 is 40.1. The van der Waals surface area contributed by atoms with Gasteiger partial charge in [0.25, 0.3) is 0 Å². The van der Waals surface area contributed by atoms with Crippen molar-refractivity contribution >= 4 is 33.3 Å². The zero-order valence-electron chi connectivity index (χ0n) is 12.0. The number of halogens is 3. The van der Waals surface area contributed by atoms with Gasteiger partial charge in [-0.25, -0.2) is 9.97 Å². The Morgan fingerprint density at radius 2 is 2.00 bits per heavy atom. The average molecular weight is 353 g/mol. The normalized spacial score (nSPS) is 11.6. The summed E-state index contributed by atoms with van der Waals surface area (Å²) in [4.78, 5) is 18.0. The van der Waals surface area contributed by atoms with Crippen molar-refractivity contribution in [3.63, 3.8) is 0 Å². The van der Waals surface area contributed by atoms with E-state index >= 15 is 0 Å². The van der Waals surface area contributed by atoms with E-state index in [9.17, 15) is 18.0 Å². The van der Waals surface area contributed by atoms with Gasteiger partial charge in [0.05, 0.1) is 5.69 Å². The Balaban J connectivity index is 2.12. The van der Waals surface area contributed by atoms with Gasteiger partial charge in [0, 0.05) is 21.0 Å². The van der Waals surface area contributed by atoms with Gasteiger partial charge in [0.1, 0.15) is 6.54 Å². The second kappa shape index (κ2) is 6.08. The van der Waals surface area contributed by atoms with Crippen molar-refractivity contribution in [3.05, 3.63) is 41.4 Å². The fourth-order valence-corrected chi connectivity index (χ4v) is 3.09. The van der Waals surface area contributed by atoms with Crippen molar-refractivity contribution in [3.8, 4) is 11.3 Å². The molecular weight excluding hydrogens is 343 g/mol. The monoisotopic (exact) mass is 353 g/mol. The number of carbonyl (C=O) groups is 1. The van der Waals surface area contributed by atoms with Crippen molar-refractivity contribution in [1.29, 1.82) is 0 Å². The molecule has 0 aliphatic heterocycles. The van der Waals surface area contributed by atoms with Gasteiger partial charge in [-0.05, 0) is 12.1 Å². The van der Waals surface area contributed by atoms with Crippen LogP contribution < -0.4 is 5.32 Å². The maximum Gasteiger partial charge on any atom is 0.433 e. The smallest absolute Gasteiger partial charge is 0.433 e. The lowest BCUT2D eigenvalue weighted by Crippen LogP contribution is -2.17. The minimum atomic E-state index is -4.66. The zero-order valence-corrected chi connectivity index (χ0v) is 12.8. The van der Waals surface area contributed by atoms with Gasteiger partial charge in [-0.1, -0.05) is 18.2 Å². The number of carboxylic acid groups (broad SMARTS) is 1. The molecule has 0 fully saturated rings. The second-order valence-corrected chi connectivity index (χ2v) is 5.76. The summed E-state index contributed by atoms with van der Waals surface area (Å²) in [6.45, 7) is -0.578. The summed E-state index contributed by atoms with van der Waals surface area (Å²) in [7, 11) is 0. The fourth-order valence-electron chi connectivity index (χ4n) is 2.14. The standard InChI is InChI=1S/C15H10F3N3O2S/c16-15(17,18)12-5-10(20-14(21-12)19-6-13(22)23)9-7-24-11-4-2-1-3-8(9)11/h1-5,7H,6H2,(H,22,23)(H,19,20,21). The largest absolute Gasteiger partial charge is 0.480 e. The lowest BCUT2D eigenvalue weighted by molar-refractivity contribution is -0.141. The zero-order chi connectivity index (χ0) is 17.3. The highest BCUT2D eigenvalue weighted by Gasteiger charge is 2.34. The van der Waals surface area contributed by atoms with Crippen molar-refractivity contribution in [1.82, 2.24) is 9.97 Å². The van der Waals surface area contributed by atoms with Crippen LogP contribution >= 0.6 is 11.3 Å². The van der Waals surface area contributed by atoms with E-state index in [1.807, 2.05) is 12.1 Å². The Morgan fingerprint density at radius 3 is 2.71 bits per heavy atom. The number of nitrogens with zero attached hydrogens (tertiary/aromatic N) is 2. The first-order valence-electron chi connectivity index (χ1n) is 6.73. The van der Waals surface area contributed by atoms with E-state index in [2.05, 4.69) is 15.3 Å². The molecule has 2 heterocycles. The van der Waals surface area contributed by atoms with Crippen molar-refractivity contribution in [2.45, 2.75) is 6.18 Å². The molecule has 0 unspecified atom stereocenters. The number of fused-ring (bicyclic) bond motifs is 1. The van der Waals surface area contributed by atoms with Crippen LogP contribution in [0, 0.1) is 0 Å². The van der Waals surface area contributed by atoms with Gasteiger partial charge in [-0.2, -0.15) is 13.2 Å². The molecule has 0 saturated carbocycles. The van der Waals surface area contributed by atoms with Crippen LogP contribution in [0.1, 0.15) is 5.69 Å². The first kappa shape index (κ1) is 16.2. The molecule has 3 rings (SSSR count). The number of hydrogen-bond donors (Lipinski definition) is 2. The number of carboxylic acids is 1. The fraction of sp³-hybridized carbons (Fsp3) is 0.133. The molecule has 0 saturated heterocycles. The Kier molecular flexibility index (Phi) is 4.10. The molecular formula is C15H10F3N3O2S. The molecule has 0 aliphatic carbocycles. The number of aromatic nitrogens is 2. The van der Waals surface area contributed by atoms with Gasteiger partial charge in [-0.3, -0.25) is 4.79 Å². The van der Waals surface area contributed by atoms with E-state index in [0.717, 1.165) is 16.2 Å². The number of nitrogens with one attached hydrogen (secondary N) is 1. The second-order valence-electron chi connectivity index (χ2n) is 4.85. The van der Waals surface area contributed by atoms with Crippen LogP contribution in [0.4, 0.5) is 19.1 Å². The first-order chi connectivity index (χ1) is 11.3. The summed E-state index contributed by atoms with van der Waals surface area (Å²) in [6, 6.07) is 8.14. The summed E-state index contributed by atoms with van der Waals surface area (Å²) >= 11 is 1.39. The predicted molar refractivity (Wildman–Crippen MR) is 84.0 cm³/mol. The van der Waals surface area contributed by atoms with Crippen LogP contribution in [0.25, 0.3) is 21.3 Å². The molecule has 0 bridgehead atoms. The maximum absolute atomic E-state index is 13.1. The molecule has 0 radical (unpaired) electrons. The lowest BCUT2D eigenvalue weighted by Gasteiger charge is -2.10. The van der Waals surface area contributed by atoms with Crippen molar-refractivity contribution in [2.75, 3.05) is 11.9 Å². The Labute approximate surface area is 137 Å². The highest BCUT2D eigenvalue weighted by molar-refractivity contribution is 7.17. The molecule has 0 atom stereocenters. The molecule has 1 aromatic carbocycles. The summed E-state index contributed by atoms with van der Waals surface area (Å²) in [5.41, 5.74) is -0.500. The predicted octanol–water partition coefficient (Wildman–Crippen LogP) is 3.87. The summed E-state index contributed by atoms with van der Waals surface area (Å²) in [6.07, 6.45) is -4.66. The Morgan fingerprint density at radius 1 is 1.25 bits per heavy atom. The minimum Gasteiger partial charge on any atom is -0.480 e. The maximum atomic E-state index is 13.1. The molecule has 9 heteroatoms. The van der Waals surface area contributed by atoms with Gasteiger partial charge < -0.3 is 10.4 Å². The van der Waals surface area contributed by atoms with Crippen LogP contribution in [0.5, 0.6) is 0 Å². The average Bonchev–Trinajstić information content (AvgIpc) is 2.96. The third-order valence-corrected chi connectivity index (χ3v) is 4.13. The van der Waals surface area contributed by atoms with E-state index in [0.29, 0.717) is 5.56 Å². The third kappa shape index (κ3) is 3.30. The molecule has 24 heavy (non-hydrogen) atoms. The minimum absolute atomic E-state index is 0.0858. The highest BCUT2D eigenvalue weighted by atomic mass is 32.1. The number of hydrogen-bond acceptors (Lipinski definition) is 5. The number of rotatable bonds is 4. The number of anilines is 1. The highest BCUT2D eigenvalue weighted by Crippen LogP contribution is 2.36. The van der Waals surface area contributed by atoms with Crippen LogP contribution in [0.15, 0.2) is 35.7 Å². The van der Waals surface area contributed by atoms with E-state index < -0.39 is 24.4 Å². The third-order valence-electron chi connectivity index (χ3n) is 3.17. The SMILES string of the molecule is O=C(O)CNc1nc(-c2csc3ccccc23)cc(C(F)(F)F)n1. The molecule has 5 nitrogen and oxygen atoms in total. The van der Waals surface area contributed by atoms with Crippen molar-refractivity contribution in [2.24, 2.45) is 0 Å². The van der Waals surface area contributed by atoms with Crippen molar-refractivity contribution < 1.29 is 23.1 Å². The molecule has 2 N–H and O–H groups in total. The molecule has 0 spiro atoms. The van der Waals surface area contributed by atoms with E-state index in [-0.39, 0.29) is 11.6 Å². The van der Waals surface area contributed by atoms with E-state index in [1.165, 1.54) is 11.3 Å². The van der Waals surface area contributed by atoms with Gasteiger partial charge in [0.2, 0.25) is 5.95 Å². The Bertz CT molecular complexity index is 908. The molecule has 0 aliphatic rings. The lowest BCUT2D eigenvalue weighted by atomic mass is 10.1. The van der Waals surface area contributed by atoms with Gasteiger partial charge in [0.15, 0.2) is 5.69 Å².